The third-order valence-electron chi connectivity index (χ3n) is 5.89. The monoisotopic (exact) mass is 414 g/mol. The molecule has 3 atom stereocenters. The molecule has 1 saturated carbocycles. The number of aromatic amines is 1. The first kappa shape index (κ1) is 20.5. The van der Waals surface area contributed by atoms with Gasteiger partial charge < -0.3 is 15.0 Å². The number of H-pyrrole nitrogens is 1. The zero-order chi connectivity index (χ0) is 21.1. The van der Waals surface area contributed by atoms with Crippen LogP contribution in [0.5, 0.6) is 5.75 Å². The van der Waals surface area contributed by atoms with Crippen molar-refractivity contribution in [3.8, 4) is 5.75 Å². The van der Waals surface area contributed by atoms with Gasteiger partial charge in [-0.15, -0.1) is 0 Å². The SMILES string of the molecule is C[C@@H](C(=O)Nc1ccc(OCC2CC2)cn1)N1CC[C@@H](F)[C@@H](c2ccc(=O)[nH]c2)C1. The summed E-state index contributed by atoms with van der Waals surface area (Å²) in [6, 6.07) is 6.15. The van der Waals surface area contributed by atoms with Crippen LogP contribution in [0.15, 0.2) is 41.5 Å². The number of likely N-dealkylation sites (tertiary alicyclic amines) is 1. The van der Waals surface area contributed by atoms with Crippen molar-refractivity contribution in [3.05, 3.63) is 52.6 Å². The van der Waals surface area contributed by atoms with Gasteiger partial charge in [0.25, 0.3) is 0 Å². The molecular formula is C22H27FN4O3. The lowest BCUT2D eigenvalue weighted by Gasteiger charge is -2.38. The summed E-state index contributed by atoms with van der Waals surface area (Å²) < 4.78 is 20.2. The molecule has 2 aromatic rings. The molecule has 160 valence electrons. The number of nitrogens with one attached hydrogen (secondary N) is 2. The molecule has 1 amide bonds. The lowest BCUT2D eigenvalue weighted by atomic mass is 9.89. The van der Waals surface area contributed by atoms with Gasteiger partial charge in [0.05, 0.1) is 18.8 Å². The molecule has 2 aliphatic rings. The lowest BCUT2D eigenvalue weighted by Crippen LogP contribution is -2.49. The Balaban J connectivity index is 1.34. The summed E-state index contributed by atoms with van der Waals surface area (Å²) in [5.74, 6) is 1.25. The molecule has 0 unspecified atom stereocenters. The molecule has 0 radical (unpaired) electrons. The number of alkyl halides is 1. The molecule has 2 aromatic heterocycles. The van der Waals surface area contributed by atoms with Crippen molar-refractivity contribution in [2.45, 2.75) is 44.3 Å². The Morgan fingerprint density at radius 1 is 1.33 bits per heavy atom. The number of pyridine rings is 2. The molecule has 0 spiro atoms. The van der Waals surface area contributed by atoms with E-state index in [0.29, 0.717) is 43.6 Å². The smallest absolute Gasteiger partial charge is 0.247 e. The summed E-state index contributed by atoms with van der Waals surface area (Å²) in [5.41, 5.74) is 0.522. The van der Waals surface area contributed by atoms with Gasteiger partial charge in [-0.05, 0) is 49.8 Å². The Morgan fingerprint density at radius 3 is 2.83 bits per heavy atom. The highest BCUT2D eigenvalue weighted by Crippen LogP contribution is 2.31. The molecule has 1 aliphatic heterocycles. The number of ether oxygens (including phenoxy) is 1. The van der Waals surface area contributed by atoms with Gasteiger partial charge in [-0.1, -0.05) is 6.07 Å². The maximum atomic E-state index is 14.5. The first-order valence-corrected chi connectivity index (χ1v) is 10.5. The summed E-state index contributed by atoms with van der Waals surface area (Å²) in [6.45, 7) is 3.43. The fourth-order valence-corrected chi connectivity index (χ4v) is 3.70. The number of carbonyl (C=O) groups is 1. The van der Waals surface area contributed by atoms with E-state index in [1.165, 1.54) is 18.9 Å². The van der Waals surface area contributed by atoms with E-state index in [-0.39, 0.29) is 17.4 Å². The van der Waals surface area contributed by atoms with Crippen LogP contribution in [0.4, 0.5) is 10.2 Å². The van der Waals surface area contributed by atoms with Gasteiger partial charge >= 0.3 is 0 Å². The Morgan fingerprint density at radius 2 is 2.17 bits per heavy atom. The zero-order valence-corrected chi connectivity index (χ0v) is 17.0. The van der Waals surface area contributed by atoms with Gasteiger partial charge in [0.15, 0.2) is 0 Å². The average molecular weight is 414 g/mol. The van der Waals surface area contributed by atoms with Crippen LogP contribution in [0, 0.1) is 5.92 Å². The number of piperidine rings is 1. The Kier molecular flexibility index (Phi) is 6.13. The van der Waals surface area contributed by atoms with Crippen molar-refractivity contribution in [1.82, 2.24) is 14.9 Å². The second kappa shape index (κ2) is 8.95. The van der Waals surface area contributed by atoms with Crippen LogP contribution in [0.3, 0.4) is 0 Å². The third kappa shape index (κ3) is 5.05. The number of carbonyl (C=O) groups excluding carboxylic acids is 1. The van der Waals surface area contributed by atoms with E-state index in [0.717, 1.165) is 5.56 Å². The van der Waals surface area contributed by atoms with Crippen molar-refractivity contribution >= 4 is 11.7 Å². The summed E-state index contributed by atoms with van der Waals surface area (Å²) >= 11 is 0. The second-order valence-electron chi connectivity index (χ2n) is 8.19. The fourth-order valence-electron chi connectivity index (χ4n) is 3.70. The number of nitrogens with zero attached hydrogens (tertiary/aromatic N) is 2. The van der Waals surface area contributed by atoms with Crippen LogP contribution in [0.2, 0.25) is 0 Å². The molecule has 1 saturated heterocycles. The maximum absolute atomic E-state index is 14.5. The standard InChI is InChI=1S/C22H27FN4O3/c1-14(22(29)26-20-6-5-17(11-24-20)30-13-15-2-3-15)27-9-8-19(23)18(12-27)16-4-7-21(28)25-10-16/h4-7,10-11,14-15,18-19H,2-3,8-9,12-13H2,1H3,(H,25,28)(H,24,26,29)/t14-,18+,19+/m0/s1. The van der Waals surface area contributed by atoms with Crippen molar-refractivity contribution < 1.29 is 13.9 Å². The van der Waals surface area contributed by atoms with Gasteiger partial charge in [0, 0.05) is 31.3 Å². The van der Waals surface area contributed by atoms with Crippen molar-refractivity contribution in [3.63, 3.8) is 0 Å². The predicted octanol–water partition coefficient (Wildman–Crippen LogP) is 2.71. The Hall–Kier alpha value is -2.74. The van der Waals surface area contributed by atoms with Gasteiger partial charge in [0.1, 0.15) is 17.7 Å². The van der Waals surface area contributed by atoms with Crippen LogP contribution < -0.4 is 15.6 Å². The second-order valence-corrected chi connectivity index (χ2v) is 8.19. The van der Waals surface area contributed by atoms with E-state index < -0.39 is 12.2 Å². The van der Waals surface area contributed by atoms with Gasteiger partial charge in [0.2, 0.25) is 11.5 Å². The van der Waals surface area contributed by atoms with E-state index in [1.807, 2.05) is 11.8 Å². The molecule has 8 heteroatoms. The van der Waals surface area contributed by atoms with Gasteiger partial charge in [-0.25, -0.2) is 9.37 Å². The van der Waals surface area contributed by atoms with E-state index >= 15 is 0 Å². The van der Waals surface area contributed by atoms with Gasteiger partial charge in [-0.3, -0.25) is 14.5 Å². The number of rotatable bonds is 7. The molecule has 7 nitrogen and oxygen atoms in total. The Labute approximate surface area is 174 Å². The van der Waals surface area contributed by atoms with Gasteiger partial charge in [-0.2, -0.15) is 0 Å². The molecule has 0 aromatic carbocycles. The van der Waals surface area contributed by atoms with Crippen molar-refractivity contribution in [1.29, 1.82) is 0 Å². The number of anilines is 1. The minimum absolute atomic E-state index is 0.188. The van der Waals surface area contributed by atoms with Crippen LogP contribution in [-0.4, -0.2) is 52.7 Å². The number of aromatic nitrogens is 2. The topological polar surface area (TPSA) is 87.3 Å². The molecule has 3 heterocycles. The molecular weight excluding hydrogens is 387 g/mol. The van der Waals surface area contributed by atoms with E-state index in [1.54, 1.807) is 30.6 Å². The minimum atomic E-state index is -1.01. The first-order chi connectivity index (χ1) is 14.5. The van der Waals surface area contributed by atoms with Crippen LogP contribution in [-0.2, 0) is 4.79 Å². The summed E-state index contributed by atoms with van der Waals surface area (Å²) in [6.07, 6.45) is 4.96. The quantitative estimate of drug-likeness (QED) is 0.728. The number of halogens is 1. The fraction of sp³-hybridized carbons (Fsp3) is 0.500. The predicted molar refractivity (Wildman–Crippen MR) is 111 cm³/mol. The van der Waals surface area contributed by atoms with Crippen LogP contribution >= 0.6 is 0 Å². The highest BCUT2D eigenvalue weighted by Gasteiger charge is 2.34. The number of amides is 1. The van der Waals surface area contributed by atoms with E-state index in [2.05, 4.69) is 15.3 Å². The highest BCUT2D eigenvalue weighted by atomic mass is 19.1. The average Bonchev–Trinajstić information content (AvgIpc) is 3.58. The normalized spacial score (nSPS) is 23.0. The highest BCUT2D eigenvalue weighted by molar-refractivity contribution is 5.93. The summed E-state index contributed by atoms with van der Waals surface area (Å²) in [5, 5.41) is 2.83. The van der Waals surface area contributed by atoms with Crippen molar-refractivity contribution in [2.24, 2.45) is 5.92 Å². The number of hydrogen-bond acceptors (Lipinski definition) is 5. The summed E-state index contributed by atoms with van der Waals surface area (Å²) in [7, 11) is 0. The first-order valence-electron chi connectivity index (χ1n) is 10.5. The van der Waals surface area contributed by atoms with Crippen LogP contribution in [0.1, 0.15) is 37.7 Å². The van der Waals surface area contributed by atoms with E-state index in [4.69, 9.17) is 4.74 Å². The largest absolute Gasteiger partial charge is 0.492 e. The zero-order valence-electron chi connectivity index (χ0n) is 17.0. The van der Waals surface area contributed by atoms with Crippen LogP contribution in [0.25, 0.3) is 0 Å². The lowest BCUT2D eigenvalue weighted by molar-refractivity contribution is -0.121. The molecule has 1 aliphatic carbocycles. The third-order valence-corrected chi connectivity index (χ3v) is 5.89. The maximum Gasteiger partial charge on any atom is 0.247 e. The minimum Gasteiger partial charge on any atom is -0.492 e. The summed E-state index contributed by atoms with van der Waals surface area (Å²) in [4.78, 5) is 32.8. The number of hydrogen-bond donors (Lipinski definition) is 2. The molecule has 2 fully saturated rings. The van der Waals surface area contributed by atoms with Crippen molar-refractivity contribution in [2.75, 3.05) is 25.0 Å². The molecule has 0 bridgehead atoms. The molecule has 2 N–H and O–H groups in total. The van der Waals surface area contributed by atoms with E-state index in [9.17, 15) is 14.0 Å². The Bertz CT molecular complexity index is 908. The molecule has 30 heavy (non-hydrogen) atoms. The molecule has 4 rings (SSSR count).